The Labute approximate surface area is 275 Å². The van der Waals surface area contributed by atoms with E-state index >= 15 is 0 Å². The number of aliphatic hydroxyl groups is 1. The molecular weight excluding hydrogens is 656 g/mol. The van der Waals surface area contributed by atoms with Gasteiger partial charge in [0.15, 0.2) is 4.34 Å². The molecule has 0 bridgehead atoms. The van der Waals surface area contributed by atoms with Gasteiger partial charge in [0.1, 0.15) is 23.1 Å². The molecule has 6 rings (SSSR count). The second kappa shape index (κ2) is 13.0. The van der Waals surface area contributed by atoms with Crippen molar-refractivity contribution in [3.63, 3.8) is 0 Å². The number of thioether (sulfide) groups is 1. The number of aryl methyl sites for hydroxylation is 1. The fourth-order valence-electron chi connectivity index (χ4n) is 4.75. The normalized spacial score (nSPS) is 15.9. The van der Waals surface area contributed by atoms with Crippen LogP contribution >= 0.6 is 46.3 Å². The van der Waals surface area contributed by atoms with Gasteiger partial charge in [-0.2, -0.15) is 0 Å². The predicted molar refractivity (Wildman–Crippen MR) is 175 cm³/mol. The van der Waals surface area contributed by atoms with E-state index in [1.165, 1.54) is 28.8 Å². The lowest BCUT2D eigenvalue weighted by molar-refractivity contribution is -0.132. The molecule has 12 heteroatoms. The molecular formula is C33H22Cl2FN3O4S2. The highest BCUT2D eigenvalue weighted by atomic mass is 35.5. The maximum Gasteiger partial charge on any atom is 0.301 e. The van der Waals surface area contributed by atoms with Gasteiger partial charge in [-0.15, -0.1) is 10.2 Å². The number of hydrogen-bond acceptors (Lipinski definition) is 8. The van der Waals surface area contributed by atoms with Crippen LogP contribution in [-0.2, 0) is 15.3 Å². The maximum absolute atomic E-state index is 14.5. The Bertz CT molecular complexity index is 1970. The van der Waals surface area contributed by atoms with E-state index in [9.17, 15) is 19.1 Å². The van der Waals surface area contributed by atoms with Crippen LogP contribution in [0.2, 0.25) is 10.0 Å². The van der Waals surface area contributed by atoms with E-state index in [-0.39, 0.29) is 16.3 Å². The molecule has 0 saturated carbocycles. The number of halogens is 3. The summed E-state index contributed by atoms with van der Waals surface area (Å²) >= 11 is 14.8. The van der Waals surface area contributed by atoms with Crippen LogP contribution in [0.15, 0.2) is 101 Å². The Morgan fingerprint density at radius 1 is 0.978 bits per heavy atom. The van der Waals surface area contributed by atoms with E-state index in [4.69, 9.17) is 27.9 Å². The number of Topliss-reactive ketones (excluding diaryl/α,β-unsaturated/α-hetero) is 1. The number of rotatable bonds is 8. The fourth-order valence-corrected chi connectivity index (χ4v) is 7.18. The van der Waals surface area contributed by atoms with Crippen molar-refractivity contribution in [3.05, 3.63) is 135 Å². The van der Waals surface area contributed by atoms with E-state index in [1.807, 2.05) is 24.3 Å². The third kappa shape index (κ3) is 6.46. The van der Waals surface area contributed by atoms with Crippen molar-refractivity contribution in [2.24, 2.45) is 0 Å². The Morgan fingerprint density at radius 3 is 2.51 bits per heavy atom. The lowest BCUT2D eigenvalue weighted by atomic mass is 9.95. The average molecular weight is 679 g/mol. The minimum absolute atomic E-state index is 0.0612. The quantitative estimate of drug-likeness (QED) is 0.0576. The lowest BCUT2D eigenvalue weighted by Gasteiger charge is -2.23. The number of aromatic nitrogens is 2. The summed E-state index contributed by atoms with van der Waals surface area (Å²) in [6, 6.07) is 24.2. The van der Waals surface area contributed by atoms with Crippen LogP contribution in [0.3, 0.4) is 0 Å². The summed E-state index contributed by atoms with van der Waals surface area (Å²) < 4.78 is 21.1. The number of amides is 1. The molecule has 0 spiro atoms. The fraction of sp³-hybridized carbons (Fsp3) is 0.0909. The number of para-hydroxylation sites is 1. The molecule has 0 radical (unpaired) electrons. The number of ketones is 1. The SMILES string of the molecule is Cc1ccc(/C(O)=C2/C(=O)C(=O)N(c3nnc(SCc4ccc(Cl)cc4Cl)s3)C2c2cccc(Oc3ccccc3)c2)cc1F. The number of aliphatic hydroxyl groups excluding tert-OH is 1. The van der Waals surface area contributed by atoms with E-state index in [0.29, 0.717) is 42.8 Å². The van der Waals surface area contributed by atoms with Crippen LogP contribution in [0.1, 0.15) is 28.3 Å². The molecule has 4 aromatic carbocycles. The van der Waals surface area contributed by atoms with Gasteiger partial charge in [0.2, 0.25) is 5.13 Å². The van der Waals surface area contributed by atoms with Crippen LogP contribution in [0.5, 0.6) is 11.5 Å². The Morgan fingerprint density at radius 2 is 1.76 bits per heavy atom. The highest BCUT2D eigenvalue weighted by Crippen LogP contribution is 2.45. The van der Waals surface area contributed by atoms with Crippen LogP contribution < -0.4 is 9.64 Å². The zero-order valence-electron chi connectivity index (χ0n) is 23.4. The second-order valence-electron chi connectivity index (χ2n) is 10.00. The molecule has 1 fully saturated rings. The first kappa shape index (κ1) is 30.8. The molecule has 5 aromatic rings. The van der Waals surface area contributed by atoms with Crippen molar-refractivity contribution < 1.29 is 23.8 Å². The zero-order chi connectivity index (χ0) is 31.7. The second-order valence-corrected chi connectivity index (χ2v) is 13.0. The number of nitrogens with zero attached hydrogens (tertiary/aromatic N) is 3. The van der Waals surface area contributed by atoms with Crippen molar-refractivity contribution in [2.45, 2.75) is 23.1 Å². The molecule has 1 N–H and O–H groups in total. The largest absolute Gasteiger partial charge is 0.507 e. The van der Waals surface area contributed by atoms with Gasteiger partial charge in [-0.1, -0.05) is 94.8 Å². The maximum atomic E-state index is 14.5. The van der Waals surface area contributed by atoms with Crippen molar-refractivity contribution in [1.29, 1.82) is 0 Å². The molecule has 1 aromatic heterocycles. The van der Waals surface area contributed by atoms with Crippen molar-refractivity contribution in [1.82, 2.24) is 10.2 Å². The van der Waals surface area contributed by atoms with Gasteiger partial charge in [0.05, 0.1) is 11.6 Å². The van der Waals surface area contributed by atoms with Crippen molar-refractivity contribution >= 4 is 68.9 Å². The van der Waals surface area contributed by atoms with Gasteiger partial charge in [0.25, 0.3) is 5.78 Å². The van der Waals surface area contributed by atoms with Crippen LogP contribution in [0.4, 0.5) is 9.52 Å². The molecule has 0 aliphatic carbocycles. The third-order valence-electron chi connectivity index (χ3n) is 7.01. The number of anilines is 1. The predicted octanol–water partition coefficient (Wildman–Crippen LogP) is 9.00. The number of carbonyl (C=O) groups excluding carboxylic acids is 2. The minimum Gasteiger partial charge on any atom is -0.507 e. The summed E-state index contributed by atoms with van der Waals surface area (Å²) in [5, 5.41) is 21.1. The molecule has 1 atom stereocenters. The summed E-state index contributed by atoms with van der Waals surface area (Å²) in [4.78, 5) is 28.4. The van der Waals surface area contributed by atoms with Crippen molar-refractivity contribution in [2.75, 3.05) is 4.90 Å². The van der Waals surface area contributed by atoms with E-state index in [1.54, 1.807) is 55.5 Å². The number of benzene rings is 4. The summed E-state index contributed by atoms with van der Waals surface area (Å²) in [7, 11) is 0. The molecule has 45 heavy (non-hydrogen) atoms. The summed E-state index contributed by atoms with van der Waals surface area (Å²) in [6.07, 6.45) is 0. The first-order valence-corrected chi connectivity index (χ1v) is 16.1. The first-order valence-electron chi connectivity index (χ1n) is 13.5. The van der Waals surface area contributed by atoms with Gasteiger partial charge < -0.3 is 9.84 Å². The standard InChI is InChI=1S/C33H22Cl2FN3O4S2/c1-18-10-11-20(15-26(18)36)29(40)27-28(19-6-5-9-24(14-19)43-23-7-3-2-4-8-23)39(31(42)30(27)41)32-37-38-33(45-32)44-17-21-12-13-22(34)16-25(21)35/h2-16,28,40H,17H2,1H3/b29-27-. The monoisotopic (exact) mass is 677 g/mol. The molecule has 1 aliphatic rings. The highest BCUT2D eigenvalue weighted by molar-refractivity contribution is 8.00. The molecule has 1 amide bonds. The van der Waals surface area contributed by atoms with Gasteiger partial charge >= 0.3 is 5.91 Å². The minimum atomic E-state index is -1.11. The summed E-state index contributed by atoms with van der Waals surface area (Å²) in [5.41, 5.74) is 1.52. The summed E-state index contributed by atoms with van der Waals surface area (Å²) in [5.74, 6) is -1.42. The lowest BCUT2D eigenvalue weighted by Crippen LogP contribution is -2.29. The number of ether oxygens (including phenoxy) is 1. The Hall–Kier alpha value is -4.22. The molecule has 1 unspecified atom stereocenters. The first-order chi connectivity index (χ1) is 21.7. The molecule has 2 heterocycles. The molecule has 1 saturated heterocycles. The van der Waals surface area contributed by atoms with E-state index in [0.717, 1.165) is 23.0 Å². The Kier molecular flexibility index (Phi) is 8.91. The van der Waals surface area contributed by atoms with E-state index in [2.05, 4.69) is 10.2 Å². The van der Waals surface area contributed by atoms with Crippen LogP contribution in [0.25, 0.3) is 5.76 Å². The number of hydrogen-bond donors (Lipinski definition) is 1. The summed E-state index contributed by atoms with van der Waals surface area (Å²) in [6.45, 7) is 1.59. The third-order valence-corrected chi connectivity index (χ3v) is 9.70. The average Bonchev–Trinajstić information content (AvgIpc) is 3.60. The van der Waals surface area contributed by atoms with Crippen molar-refractivity contribution in [3.8, 4) is 11.5 Å². The molecule has 226 valence electrons. The van der Waals surface area contributed by atoms with Crippen LogP contribution in [0, 0.1) is 12.7 Å². The van der Waals surface area contributed by atoms with Gasteiger partial charge in [-0.05, 0) is 66.1 Å². The molecule has 1 aliphatic heterocycles. The van der Waals surface area contributed by atoms with Gasteiger partial charge in [-0.25, -0.2) is 4.39 Å². The molecule has 7 nitrogen and oxygen atoms in total. The zero-order valence-corrected chi connectivity index (χ0v) is 26.6. The topological polar surface area (TPSA) is 92.6 Å². The van der Waals surface area contributed by atoms with E-state index < -0.39 is 29.3 Å². The van der Waals surface area contributed by atoms with Gasteiger partial charge in [0, 0.05) is 21.4 Å². The smallest absolute Gasteiger partial charge is 0.301 e. The van der Waals surface area contributed by atoms with Crippen LogP contribution in [-0.4, -0.2) is 27.0 Å². The Balaban J connectivity index is 1.40. The highest BCUT2D eigenvalue weighted by Gasteiger charge is 2.48. The number of carbonyl (C=O) groups is 2. The van der Waals surface area contributed by atoms with Gasteiger partial charge in [-0.3, -0.25) is 14.5 Å².